The summed E-state index contributed by atoms with van der Waals surface area (Å²) in [6.07, 6.45) is 5.58. The van der Waals surface area contributed by atoms with Gasteiger partial charge in [0, 0.05) is 50.0 Å². The van der Waals surface area contributed by atoms with Gasteiger partial charge >= 0.3 is 0 Å². The lowest BCUT2D eigenvalue weighted by molar-refractivity contribution is 0.0933. The van der Waals surface area contributed by atoms with Gasteiger partial charge in [0.15, 0.2) is 5.52 Å². The van der Waals surface area contributed by atoms with E-state index in [0.717, 1.165) is 57.0 Å². The first-order chi connectivity index (χ1) is 15.2. The van der Waals surface area contributed by atoms with Crippen molar-refractivity contribution in [1.29, 1.82) is 0 Å². The predicted octanol–water partition coefficient (Wildman–Crippen LogP) is 3.61. The van der Waals surface area contributed by atoms with Crippen LogP contribution < -0.4 is 10.3 Å². The van der Waals surface area contributed by atoms with Gasteiger partial charge in [0.25, 0.3) is 5.56 Å². The summed E-state index contributed by atoms with van der Waals surface area (Å²) >= 11 is 0. The average molecular weight is 425 g/mol. The Hall–Kier alpha value is -2.64. The molecule has 0 saturated carbocycles. The molecule has 7 nitrogen and oxygen atoms in total. The summed E-state index contributed by atoms with van der Waals surface area (Å²) in [7, 11) is 0. The van der Waals surface area contributed by atoms with Crippen molar-refractivity contribution < 1.29 is 9.47 Å². The molecule has 4 rings (SSSR count). The van der Waals surface area contributed by atoms with E-state index in [2.05, 4.69) is 44.6 Å². The molecule has 2 aromatic heterocycles. The number of piperidine rings is 1. The molecule has 1 unspecified atom stereocenters. The van der Waals surface area contributed by atoms with Gasteiger partial charge in [0.2, 0.25) is 0 Å². The Kier molecular flexibility index (Phi) is 7.04. The van der Waals surface area contributed by atoms with Gasteiger partial charge in [-0.25, -0.2) is 4.98 Å². The van der Waals surface area contributed by atoms with Crippen molar-refractivity contribution in [2.75, 3.05) is 32.9 Å². The zero-order valence-corrected chi connectivity index (χ0v) is 18.4. The molecule has 0 spiro atoms. The average Bonchev–Trinajstić information content (AvgIpc) is 3.23. The predicted molar refractivity (Wildman–Crippen MR) is 121 cm³/mol. The Morgan fingerprint density at radius 3 is 2.81 bits per heavy atom. The highest BCUT2D eigenvalue weighted by Crippen LogP contribution is 2.28. The molecule has 0 aliphatic carbocycles. The molecule has 1 N–H and O–H groups in total. The molecule has 31 heavy (non-hydrogen) atoms. The number of hydrogen-bond acceptors (Lipinski definition) is 5. The standard InChI is InChI=1S/C24H32N4O3/c1-3-30-15-18(2)16-31-22-7-5-4-6-19(22)14-27-12-9-20(10-13-27)28-17-26-23-21(28)8-11-25-24(23)29/h4-8,11,17-18,20H,3,9-10,12-16H2,1-2H3,(H,25,29). The normalized spacial score (nSPS) is 16.6. The van der Waals surface area contributed by atoms with Crippen LogP contribution in [-0.2, 0) is 11.3 Å². The largest absolute Gasteiger partial charge is 0.493 e. The number of para-hydroxylation sites is 1. The molecule has 1 fully saturated rings. The number of pyridine rings is 1. The number of hydrogen-bond donors (Lipinski definition) is 1. The summed E-state index contributed by atoms with van der Waals surface area (Å²) in [5.41, 5.74) is 2.54. The molecule has 0 radical (unpaired) electrons. The Morgan fingerprint density at radius 1 is 1.19 bits per heavy atom. The number of aromatic amines is 1. The first-order valence-corrected chi connectivity index (χ1v) is 11.2. The SMILES string of the molecule is CCOCC(C)COc1ccccc1CN1CCC(n2cnc3c(=O)[nH]ccc32)CC1. The van der Waals surface area contributed by atoms with E-state index in [1.807, 2.05) is 25.4 Å². The van der Waals surface area contributed by atoms with Gasteiger partial charge in [0.05, 0.1) is 25.1 Å². The van der Waals surface area contributed by atoms with E-state index >= 15 is 0 Å². The van der Waals surface area contributed by atoms with Crippen LogP contribution in [0.4, 0.5) is 0 Å². The number of rotatable bonds is 9. The minimum atomic E-state index is -0.124. The fraction of sp³-hybridized carbons (Fsp3) is 0.500. The number of aromatic nitrogens is 3. The lowest BCUT2D eigenvalue weighted by atomic mass is 10.0. The maximum absolute atomic E-state index is 12.0. The summed E-state index contributed by atoms with van der Waals surface area (Å²) in [5.74, 6) is 1.33. The third-order valence-electron chi connectivity index (χ3n) is 5.95. The van der Waals surface area contributed by atoms with Gasteiger partial charge < -0.3 is 19.0 Å². The van der Waals surface area contributed by atoms with E-state index in [-0.39, 0.29) is 5.56 Å². The third kappa shape index (κ3) is 5.17. The van der Waals surface area contributed by atoms with Crippen LogP contribution in [0.1, 0.15) is 38.3 Å². The van der Waals surface area contributed by atoms with E-state index in [0.29, 0.717) is 24.1 Å². The number of H-pyrrole nitrogens is 1. The number of fused-ring (bicyclic) bond motifs is 1. The summed E-state index contributed by atoms with van der Waals surface area (Å²) in [6, 6.07) is 10.6. The van der Waals surface area contributed by atoms with Crippen molar-refractivity contribution in [3.05, 3.63) is 58.8 Å². The first-order valence-electron chi connectivity index (χ1n) is 11.2. The molecule has 1 atom stereocenters. The Morgan fingerprint density at radius 2 is 2.00 bits per heavy atom. The number of benzene rings is 1. The van der Waals surface area contributed by atoms with Crippen LogP contribution in [0, 0.1) is 5.92 Å². The van der Waals surface area contributed by atoms with Gasteiger partial charge in [-0.2, -0.15) is 0 Å². The van der Waals surface area contributed by atoms with Gasteiger partial charge in [-0.1, -0.05) is 25.1 Å². The second-order valence-electron chi connectivity index (χ2n) is 8.38. The summed E-state index contributed by atoms with van der Waals surface area (Å²) in [4.78, 5) is 21.5. The fourth-order valence-corrected chi connectivity index (χ4v) is 4.24. The summed E-state index contributed by atoms with van der Waals surface area (Å²) in [6.45, 7) is 9.17. The maximum atomic E-state index is 12.0. The number of likely N-dealkylation sites (tertiary alicyclic amines) is 1. The lowest BCUT2D eigenvalue weighted by Crippen LogP contribution is -2.34. The van der Waals surface area contributed by atoms with Crippen molar-refractivity contribution in [2.24, 2.45) is 5.92 Å². The van der Waals surface area contributed by atoms with E-state index in [9.17, 15) is 4.79 Å². The summed E-state index contributed by atoms with van der Waals surface area (Å²) in [5, 5.41) is 0. The molecular formula is C24H32N4O3. The molecule has 7 heteroatoms. The molecule has 0 amide bonds. The van der Waals surface area contributed by atoms with Gasteiger partial charge in [-0.05, 0) is 31.9 Å². The van der Waals surface area contributed by atoms with Crippen LogP contribution in [0.2, 0.25) is 0 Å². The zero-order valence-electron chi connectivity index (χ0n) is 18.4. The highest BCUT2D eigenvalue weighted by Gasteiger charge is 2.23. The fourth-order valence-electron chi connectivity index (χ4n) is 4.24. The van der Waals surface area contributed by atoms with Crippen LogP contribution in [0.25, 0.3) is 11.0 Å². The van der Waals surface area contributed by atoms with E-state index < -0.39 is 0 Å². The highest BCUT2D eigenvalue weighted by molar-refractivity contribution is 5.73. The second kappa shape index (κ2) is 10.1. The Bertz CT molecular complexity index is 1040. The summed E-state index contributed by atoms with van der Waals surface area (Å²) < 4.78 is 13.8. The van der Waals surface area contributed by atoms with E-state index in [4.69, 9.17) is 9.47 Å². The van der Waals surface area contributed by atoms with Crippen molar-refractivity contribution in [3.63, 3.8) is 0 Å². The molecule has 1 saturated heterocycles. The maximum Gasteiger partial charge on any atom is 0.276 e. The van der Waals surface area contributed by atoms with Crippen LogP contribution in [0.5, 0.6) is 5.75 Å². The number of imidazole rings is 1. The molecule has 0 bridgehead atoms. The Labute approximate surface area is 183 Å². The molecule has 166 valence electrons. The monoisotopic (exact) mass is 424 g/mol. The van der Waals surface area contributed by atoms with Gasteiger partial charge in [-0.15, -0.1) is 0 Å². The number of nitrogens with zero attached hydrogens (tertiary/aromatic N) is 3. The number of ether oxygens (including phenoxy) is 2. The van der Waals surface area contributed by atoms with Crippen LogP contribution in [0.15, 0.2) is 47.7 Å². The smallest absolute Gasteiger partial charge is 0.276 e. The van der Waals surface area contributed by atoms with Gasteiger partial charge in [-0.3, -0.25) is 9.69 Å². The second-order valence-corrected chi connectivity index (χ2v) is 8.38. The topological polar surface area (TPSA) is 72.4 Å². The van der Waals surface area contributed by atoms with Crippen molar-refractivity contribution in [1.82, 2.24) is 19.4 Å². The number of nitrogens with one attached hydrogen (secondary N) is 1. The van der Waals surface area contributed by atoms with Crippen molar-refractivity contribution in [3.8, 4) is 5.75 Å². The molecule has 1 aliphatic rings. The molecule has 3 heterocycles. The minimum absolute atomic E-state index is 0.124. The van der Waals surface area contributed by atoms with E-state index in [1.54, 1.807) is 6.20 Å². The molecule has 1 aliphatic heterocycles. The van der Waals surface area contributed by atoms with Crippen LogP contribution in [0.3, 0.4) is 0 Å². The Balaban J connectivity index is 1.35. The van der Waals surface area contributed by atoms with Crippen LogP contribution in [-0.4, -0.2) is 52.3 Å². The van der Waals surface area contributed by atoms with Crippen molar-refractivity contribution in [2.45, 2.75) is 39.3 Å². The first kappa shape index (κ1) is 21.6. The van der Waals surface area contributed by atoms with Crippen LogP contribution >= 0.6 is 0 Å². The zero-order chi connectivity index (χ0) is 21.6. The highest BCUT2D eigenvalue weighted by atomic mass is 16.5. The third-order valence-corrected chi connectivity index (χ3v) is 5.95. The van der Waals surface area contributed by atoms with E-state index in [1.165, 1.54) is 5.56 Å². The molecular weight excluding hydrogens is 392 g/mol. The lowest BCUT2D eigenvalue weighted by Gasteiger charge is -2.33. The minimum Gasteiger partial charge on any atom is -0.493 e. The molecule has 3 aromatic rings. The van der Waals surface area contributed by atoms with Gasteiger partial charge in [0.1, 0.15) is 5.75 Å². The quantitative estimate of drug-likeness (QED) is 0.568. The van der Waals surface area contributed by atoms with Crippen molar-refractivity contribution >= 4 is 11.0 Å². The molecule has 1 aromatic carbocycles.